The molecule has 0 amide bonds. The highest BCUT2D eigenvalue weighted by Crippen LogP contribution is 2.30. The summed E-state index contributed by atoms with van der Waals surface area (Å²) in [5, 5.41) is 8.84. The molecule has 4 aromatic carbocycles. The molecule has 30 heavy (non-hydrogen) atoms. The van der Waals surface area contributed by atoms with E-state index in [0.29, 0.717) is 6.42 Å². The van der Waals surface area contributed by atoms with Gasteiger partial charge in [-0.25, -0.2) is 4.98 Å². The SMILES string of the molecule is N#CCc1ccc(-c2ccc(-c3nc4ccccc4n3-c3ccccc3)cc2)cc1. The Balaban J connectivity index is 1.57. The summed E-state index contributed by atoms with van der Waals surface area (Å²) in [6, 6.07) is 37.4. The van der Waals surface area contributed by atoms with Crippen molar-refractivity contribution >= 4 is 11.0 Å². The minimum absolute atomic E-state index is 0.439. The molecular weight excluding hydrogens is 366 g/mol. The summed E-state index contributed by atoms with van der Waals surface area (Å²) in [5.41, 5.74) is 7.56. The molecule has 1 aromatic heterocycles. The average molecular weight is 385 g/mol. The Kier molecular flexibility index (Phi) is 4.59. The van der Waals surface area contributed by atoms with E-state index in [1.54, 1.807) is 0 Å². The van der Waals surface area contributed by atoms with Crippen molar-refractivity contribution in [3.8, 4) is 34.3 Å². The fourth-order valence-corrected chi connectivity index (χ4v) is 3.78. The Hall–Kier alpha value is -4.16. The molecule has 0 N–H and O–H groups in total. The van der Waals surface area contributed by atoms with E-state index in [2.05, 4.69) is 71.3 Å². The molecule has 0 spiro atoms. The molecule has 0 radical (unpaired) electrons. The van der Waals surface area contributed by atoms with Crippen LogP contribution in [0.3, 0.4) is 0 Å². The van der Waals surface area contributed by atoms with Gasteiger partial charge in [0.05, 0.1) is 23.5 Å². The quantitative estimate of drug-likeness (QED) is 0.358. The van der Waals surface area contributed by atoms with Gasteiger partial charge in [0.2, 0.25) is 0 Å². The molecule has 0 saturated heterocycles. The van der Waals surface area contributed by atoms with Crippen LogP contribution in [0.2, 0.25) is 0 Å². The minimum atomic E-state index is 0.439. The second-order valence-corrected chi connectivity index (χ2v) is 7.20. The van der Waals surface area contributed by atoms with Gasteiger partial charge in [-0.1, -0.05) is 78.9 Å². The summed E-state index contributed by atoms with van der Waals surface area (Å²) in [5.74, 6) is 0.929. The predicted molar refractivity (Wildman–Crippen MR) is 121 cm³/mol. The van der Waals surface area contributed by atoms with Crippen molar-refractivity contribution in [3.63, 3.8) is 0 Å². The second kappa shape index (κ2) is 7.69. The maximum atomic E-state index is 8.84. The molecule has 0 aliphatic heterocycles. The zero-order valence-corrected chi connectivity index (χ0v) is 16.4. The summed E-state index contributed by atoms with van der Waals surface area (Å²) in [7, 11) is 0. The number of para-hydroxylation sites is 3. The third-order valence-corrected chi connectivity index (χ3v) is 5.29. The molecule has 0 aliphatic rings. The molecule has 5 aromatic rings. The van der Waals surface area contributed by atoms with E-state index in [1.165, 1.54) is 0 Å². The smallest absolute Gasteiger partial charge is 0.145 e. The van der Waals surface area contributed by atoms with Crippen LogP contribution in [0.5, 0.6) is 0 Å². The van der Waals surface area contributed by atoms with E-state index in [9.17, 15) is 0 Å². The van der Waals surface area contributed by atoms with E-state index in [1.807, 2.05) is 42.5 Å². The fourth-order valence-electron chi connectivity index (χ4n) is 3.78. The van der Waals surface area contributed by atoms with Crippen LogP contribution in [-0.2, 0) is 6.42 Å². The first-order valence-corrected chi connectivity index (χ1v) is 9.93. The number of nitriles is 1. The molecule has 0 saturated carbocycles. The first-order chi connectivity index (χ1) is 14.8. The van der Waals surface area contributed by atoms with E-state index in [-0.39, 0.29) is 0 Å². The van der Waals surface area contributed by atoms with Crippen molar-refractivity contribution in [3.05, 3.63) is 109 Å². The van der Waals surface area contributed by atoms with Crippen molar-refractivity contribution in [1.82, 2.24) is 9.55 Å². The predicted octanol–water partition coefficient (Wildman–Crippen LogP) is 6.43. The van der Waals surface area contributed by atoms with Gasteiger partial charge in [-0.15, -0.1) is 0 Å². The normalized spacial score (nSPS) is 10.8. The number of imidazole rings is 1. The number of hydrogen-bond acceptors (Lipinski definition) is 2. The molecule has 0 unspecified atom stereocenters. The standard InChI is InChI=1S/C27H19N3/c28-19-18-20-10-12-21(13-11-20)22-14-16-23(17-15-22)27-29-25-8-4-5-9-26(25)30(27)24-6-2-1-3-7-24/h1-17H,18H2. The van der Waals surface area contributed by atoms with E-state index >= 15 is 0 Å². The van der Waals surface area contributed by atoms with Crippen molar-refractivity contribution < 1.29 is 0 Å². The monoisotopic (exact) mass is 385 g/mol. The summed E-state index contributed by atoms with van der Waals surface area (Å²) in [6.07, 6.45) is 0.439. The Labute approximate surface area is 175 Å². The maximum absolute atomic E-state index is 8.84. The molecule has 0 atom stereocenters. The lowest BCUT2D eigenvalue weighted by Gasteiger charge is -2.10. The Morgan fingerprint density at radius 1 is 0.667 bits per heavy atom. The summed E-state index contributed by atoms with van der Waals surface area (Å²) in [4.78, 5) is 4.93. The summed E-state index contributed by atoms with van der Waals surface area (Å²) in [6.45, 7) is 0. The highest BCUT2D eigenvalue weighted by molar-refractivity contribution is 5.83. The third-order valence-electron chi connectivity index (χ3n) is 5.29. The van der Waals surface area contributed by atoms with Crippen LogP contribution in [-0.4, -0.2) is 9.55 Å². The summed E-state index contributed by atoms with van der Waals surface area (Å²) < 4.78 is 2.21. The van der Waals surface area contributed by atoms with Crippen LogP contribution >= 0.6 is 0 Å². The van der Waals surface area contributed by atoms with Gasteiger partial charge in [0.25, 0.3) is 0 Å². The van der Waals surface area contributed by atoms with Crippen molar-refractivity contribution in [2.24, 2.45) is 0 Å². The van der Waals surface area contributed by atoms with Gasteiger partial charge in [0.15, 0.2) is 0 Å². The second-order valence-electron chi connectivity index (χ2n) is 7.20. The van der Waals surface area contributed by atoms with Crippen LogP contribution in [0.25, 0.3) is 39.2 Å². The van der Waals surface area contributed by atoms with Gasteiger partial charge in [-0.05, 0) is 41.0 Å². The molecule has 3 nitrogen and oxygen atoms in total. The molecule has 0 fully saturated rings. The topological polar surface area (TPSA) is 41.6 Å². The van der Waals surface area contributed by atoms with Gasteiger partial charge >= 0.3 is 0 Å². The van der Waals surface area contributed by atoms with E-state index < -0.39 is 0 Å². The van der Waals surface area contributed by atoms with Crippen molar-refractivity contribution in [1.29, 1.82) is 5.26 Å². The highest BCUT2D eigenvalue weighted by atomic mass is 15.1. The van der Waals surface area contributed by atoms with Crippen LogP contribution in [0.4, 0.5) is 0 Å². The minimum Gasteiger partial charge on any atom is -0.292 e. The highest BCUT2D eigenvalue weighted by Gasteiger charge is 2.14. The van der Waals surface area contributed by atoms with Gasteiger partial charge in [-0.3, -0.25) is 4.57 Å². The van der Waals surface area contributed by atoms with Crippen LogP contribution in [0.15, 0.2) is 103 Å². The van der Waals surface area contributed by atoms with Crippen LogP contribution < -0.4 is 0 Å². The fraction of sp³-hybridized carbons (Fsp3) is 0.0370. The molecule has 0 bridgehead atoms. The summed E-state index contributed by atoms with van der Waals surface area (Å²) >= 11 is 0. The van der Waals surface area contributed by atoms with Gasteiger partial charge in [0, 0.05) is 11.3 Å². The van der Waals surface area contributed by atoms with E-state index in [4.69, 9.17) is 10.2 Å². The third kappa shape index (κ3) is 3.25. The Bertz CT molecular complexity index is 1340. The lowest BCUT2D eigenvalue weighted by Crippen LogP contribution is -1.97. The number of fused-ring (bicyclic) bond motifs is 1. The van der Waals surface area contributed by atoms with E-state index in [0.717, 1.165) is 44.8 Å². The number of rotatable bonds is 4. The first kappa shape index (κ1) is 17.9. The molecule has 1 heterocycles. The van der Waals surface area contributed by atoms with Crippen LogP contribution in [0.1, 0.15) is 5.56 Å². The number of benzene rings is 4. The Morgan fingerprint density at radius 2 is 1.27 bits per heavy atom. The number of aromatic nitrogens is 2. The molecular formula is C27H19N3. The average Bonchev–Trinajstić information content (AvgIpc) is 3.20. The van der Waals surface area contributed by atoms with Crippen molar-refractivity contribution in [2.75, 3.05) is 0 Å². The maximum Gasteiger partial charge on any atom is 0.145 e. The lowest BCUT2D eigenvalue weighted by molar-refractivity contribution is 1.10. The van der Waals surface area contributed by atoms with Gasteiger partial charge in [-0.2, -0.15) is 5.26 Å². The van der Waals surface area contributed by atoms with Gasteiger partial charge in [0.1, 0.15) is 5.82 Å². The molecule has 3 heteroatoms. The lowest BCUT2D eigenvalue weighted by atomic mass is 10.0. The zero-order chi connectivity index (χ0) is 20.3. The number of hydrogen-bond donors (Lipinski definition) is 0. The van der Waals surface area contributed by atoms with Crippen LogP contribution in [0, 0.1) is 11.3 Å². The molecule has 142 valence electrons. The largest absolute Gasteiger partial charge is 0.292 e. The zero-order valence-electron chi connectivity index (χ0n) is 16.4. The van der Waals surface area contributed by atoms with Crippen molar-refractivity contribution in [2.45, 2.75) is 6.42 Å². The number of nitrogens with zero attached hydrogens (tertiary/aromatic N) is 3. The Morgan fingerprint density at radius 3 is 1.97 bits per heavy atom. The first-order valence-electron chi connectivity index (χ1n) is 9.93. The molecule has 0 aliphatic carbocycles. The van der Waals surface area contributed by atoms with Gasteiger partial charge < -0.3 is 0 Å². The molecule has 5 rings (SSSR count).